The molecule has 4 aliphatic carbocycles. The normalized spacial score (nSPS) is 43.7. The highest BCUT2D eigenvalue weighted by Gasteiger charge is 2.63. The zero-order valence-corrected chi connectivity index (χ0v) is 10.6. The molecule has 4 rings (SSSR count). The van der Waals surface area contributed by atoms with Gasteiger partial charge < -0.3 is 9.84 Å². The monoisotopic (exact) mass is 250 g/mol. The highest BCUT2D eigenvalue weighted by atomic mass is 16.5. The van der Waals surface area contributed by atoms with Gasteiger partial charge in [-0.1, -0.05) is 12.2 Å². The van der Waals surface area contributed by atoms with Crippen LogP contribution in [0, 0.1) is 35.5 Å². The highest BCUT2D eigenvalue weighted by Crippen LogP contribution is 2.63. The van der Waals surface area contributed by atoms with E-state index in [2.05, 4.69) is 0 Å². The molecule has 0 saturated heterocycles. The van der Waals surface area contributed by atoms with Crippen LogP contribution < -0.4 is 0 Å². The number of fused-ring (bicyclic) bond motifs is 1. The van der Waals surface area contributed by atoms with E-state index in [1.807, 2.05) is 12.2 Å². The Bertz CT molecular complexity index is 426. The smallest absolute Gasteiger partial charge is 0.310 e. The summed E-state index contributed by atoms with van der Waals surface area (Å²) in [6.07, 6.45) is 4.94. The molecule has 0 aromatic rings. The molecular weight excluding hydrogens is 232 g/mol. The van der Waals surface area contributed by atoms with Crippen molar-refractivity contribution in [3.63, 3.8) is 0 Å². The number of allylic oxidation sites excluding steroid dienone is 2. The minimum Gasteiger partial charge on any atom is -0.481 e. The molecule has 0 spiro atoms. The van der Waals surface area contributed by atoms with Crippen LogP contribution in [0.25, 0.3) is 0 Å². The van der Waals surface area contributed by atoms with Gasteiger partial charge in [0.2, 0.25) is 0 Å². The Morgan fingerprint density at radius 1 is 1.17 bits per heavy atom. The summed E-state index contributed by atoms with van der Waals surface area (Å²) >= 11 is 0. The van der Waals surface area contributed by atoms with Crippen LogP contribution in [0.4, 0.5) is 0 Å². The van der Waals surface area contributed by atoms with E-state index < -0.39 is 17.8 Å². The summed E-state index contributed by atoms with van der Waals surface area (Å²) in [4.78, 5) is 23.6. The lowest BCUT2D eigenvalue weighted by Gasteiger charge is -2.41. The number of carboxylic acid groups (broad SMARTS) is 1. The fourth-order valence-electron chi connectivity index (χ4n) is 3.85. The van der Waals surface area contributed by atoms with E-state index in [0.29, 0.717) is 11.8 Å². The van der Waals surface area contributed by atoms with Crippen molar-refractivity contribution in [2.75, 3.05) is 0 Å². The van der Waals surface area contributed by atoms with Gasteiger partial charge in [0.25, 0.3) is 0 Å². The molecule has 4 aliphatic rings. The van der Waals surface area contributed by atoms with Crippen molar-refractivity contribution in [1.29, 1.82) is 0 Å². The highest BCUT2D eigenvalue weighted by molar-refractivity contribution is 5.83. The Kier molecular flexibility index (Phi) is 2.50. The van der Waals surface area contributed by atoms with Gasteiger partial charge in [0, 0.05) is 0 Å². The zero-order chi connectivity index (χ0) is 13.0. The fourth-order valence-corrected chi connectivity index (χ4v) is 3.85. The third kappa shape index (κ3) is 1.58. The van der Waals surface area contributed by atoms with Crippen molar-refractivity contribution in [2.24, 2.45) is 35.5 Å². The minimum atomic E-state index is -0.856. The summed E-state index contributed by atoms with van der Waals surface area (Å²) in [6, 6.07) is 0. The first kappa shape index (κ1) is 11.8. The average molecular weight is 250 g/mol. The second-order valence-corrected chi connectivity index (χ2v) is 5.98. The SMILES string of the molecule is CC(C)OC(=O)[C@@H]1[C@H]2C=C[C@H]([C@H]3C[C@H]23)[C@@H]1C(=O)O. The van der Waals surface area contributed by atoms with Crippen LogP contribution in [-0.2, 0) is 14.3 Å². The van der Waals surface area contributed by atoms with Crippen LogP contribution in [-0.4, -0.2) is 23.1 Å². The average Bonchev–Trinajstić information content (AvgIpc) is 3.07. The van der Waals surface area contributed by atoms with Gasteiger partial charge in [-0.05, 0) is 43.9 Å². The molecule has 2 saturated carbocycles. The lowest BCUT2D eigenvalue weighted by atomic mass is 9.62. The number of rotatable bonds is 3. The first-order chi connectivity index (χ1) is 8.50. The van der Waals surface area contributed by atoms with Crippen LogP contribution in [0.5, 0.6) is 0 Å². The molecule has 98 valence electrons. The molecule has 1 N–H and O–H groups in total. The lowest BCUT2D eigenvalue weighted by molar-refractivity contribution is -0.167. The van der Waals surface area contributed by atoms with Gasteiger partial charge in [0.15, 0.2) is 0 Å². The summed E-state index contributed by atoms with van der Waals surface area (Å²) in [5, 5.41) is 9.41. The van der Waals surface area contributed by atoms with E-state index in [9.17, 15) is 14.7 Å². The second kappa shape index (κ2) is 3.84. The third-order valence-electron chi connectivity index (χ3n) is 4.56. The number of carbonyl (C=O) groups excluding carboxylic acids is 1. The van der Waals surface area contributed by atoms with Gasteiger partial charge >= 0.3 is 11.9 Å². The molecule has 0 radical (unpaired) electrons. The number of esters is 1. The predicted octanol–water partition coefficient (Wildman–Crippen LogP) is 1.71. The first-order valence-electron chi connectivity index (χ1n) is 6.62. The largest absolute Gasteiger partial charge is 0.481 e. The molecule has 0 aromatic heterocycles. The fraction of sp³-hybridized carbons (Fsp3) is 0.714. The molecule has 4 heteroatoms. The van der Waals surface area contributed by atoms with Crippen LogP contribution in [0.3, 0.4) is 0 Å². The molecule has 18 heavy (non-hydrogen) atoms. The van der Waals surface area contributed by atoms with E-state index in [4.69, 9.17) is 4.74 Å². The van der Waals surface area contributed by atoms with E-state index in [0.717, 1.165) is 6.42 Å². The molecule has 0 unspecified atom stereocenters. The number of ether oxygens (including phenoxy) is 1. The third-order valence-corrected chi connectivity index (χ3v) is 4.56. The Labute approximate surface area is 106 Å². The molecule has 0 amide bonds. The maximum Gasteiger partial charge on any atom is 0.310 e. The van der Waals surface area contributed by atoms with E-state index >= 15 is 0 Å². The number of carbonyl (C=O) groups is 2. The van der Waals surface area contributed by atoms with Gasteiger partial charge in [-0.15, -0.1) is 0 Å². The van der Waals surface area contributed by atoms with Gasteiger partial charge in [-0.25, -0.2) is 0 Å². The summed E-state index contributed by atoms with van der Waals surface area (Å²) in [5.74, 6) is -1.15. The van der Waals surface area contributed by atoms with Crippen molar-refractivity contribution in [2.45, 2.75) is 26.4 Å². The van der Waals surface area contributed by atoms with Crippen molar-refractivity contribution in [1.82, 2.24) is 0 Å². The number of aliphatic carboxylic acids is 1. The Morgan fingerprint density at radius 3 is 2.22 bits per heavy atom. The van der Waals surface area contributed by atoms with Gasteiger partial charge in [0.05, 0.1) is 17.9 Å². The van der Waals surface area contributed by atoms with Crippen LogP contribution in [0.2, 0.25) is 0 Å². The zero-order valence-electron chi connectivity index (χ0n) is 10.6. The Balaban J connectivity index is 1.89. The molecule has 0 aromatic carbocycles. The Morgan fingerprint density at radius 2 is 1.72 bits per heavy atom. The topological polar surface area (TPSA) is 63.6 Å². The van der Waals surface area contributed by atoms with E-state index in [1.165, 1.54) is 0 Å². The van der Waals surface area contributed by atoms with E-state index in [-0.39, 0.29) is 23.9 Å². The maximum atomic E-state index is 12.2. The molecule has 0 heterocycles. The van der Waals surface area contributed by atoms with Crippen LogP contribution in [0.15, 0.2) is 12.2 Å². The van der Waals surface area contributed by atoms with Gasteiger partial charge in [-0.3, -0.25) is 9.59 Å². The van der Waals surface area contributed by atoms with Gasteiger partial charge in [0.1, 0.15) is 0 Å². The molecular formula is C14H18O4. The predicted molar refractivity (Wildman–Crippen MR) is 63.6 cm³/mol. The molecule has 2 bridgehead atoms. The standard InChI is InChI=1S/C14H18O4/c1-6(2)18-14(17)12-8-4-3-7(9-5-10(8)9)11(12)13(15)16/h3-4,6-12H,5H2,1-2H3,(H,15,16)/t7-,8+,9-,10-,11+,12-/m1/s1. The number of hydrogen-bond acceptors (Lipinski definition) is 3. The first-order valence-corrected chi connectivity index (χ1v) is 6.62. The van der Waals surface area contributed by atoms with Crippen LogP contribution >= 0.6 is 0 Å². The maximum absolute atomic E-state index is 12.2. The molecule has 0 aliphatic heterocycles. The van der Waals surface area contributed by atoms with E-state index in [1.54, 1.807) is 13.8 Å². The summed E-state index contributed by atoms with van der Waals surface area (Å²) in [5.41, 5.74) is 0. The quantitative estimate of drug-likeness (QED) is 0.611. The Hall–Kier alpha value is -1.32. The van der Waals surface area contributed by atoms with Crippen molar-refractivity contribution in [3.8, 4) is 0 Å². The second-order valence-electron chi connectivity index (χ2n) is 5.98. The molecule has 6 atom stereocenters. The van der Waals surface area contributed by atoms with Crippen molar-refractivity contribution < 1.29 is 19.4 Å². The summed E-state index contributed by atoms with van der Waals surface area (Å²) in [7, 11) is 0. The lowest BCUT2D eigenvalue weighted by Crippen LogP contribution is -2.47. The van der Waals surface area contributed by atoms with Crippen molar-refractivity contribution in [3.05, 3.63) is 12.2 Å². The summed E-state index contributed by atoms with van der Waals surface area (Å²) < 4.78 is 5.25. The number of hydrogen-bond donors (Lipinski definition) is 1. The minimum absolute atomic E-state index is 0.0298. The molecule has 4 nitrogen and oxygen atoms in total. The van der Waals surface area contributed by atoms with Crippen LogP contribution in [0.1, 0.15) is 20.3 Å². The number of carboxylic acids is 1. The van der Waals surface area contributed by atoms with Gasteiger partial charge in [-0.2, -0.15) is 0 Å². The summed E-state index contributed by atoms with van der Waals surface area (Å²) in [6.45, 7) is 3.59. The van der Waals surface area contributed by atoms with Crippen molar-refractivity contribution >= 4 is 11.9 Å². The molecule has 2 fully saturated rings.